The first-order valence-electron chi connectivity index (χ1n) is 5.95. The maximum Gasteiger partial charge on any atom is 0.161 e. The molecule has 4 heteroatoms. The molecule has 0 aliphatic heterocycles. The molecule has 0 atom stereocenters. The van der Waals surface area contributed by atoms with Gasteiger partial charge in [-0.2, -0.15) is 0 Å². The summed E-state index contributed by atoms with van der Waals surface area (Å²) in [6, 6.07) is 5.18. The third kappa shape index (κ3) is 3.47. The minimum Gasteiger partial charge on any atom is -0.492 e. The fraction of sp³-hybridized carbons (Fsp3) is 0.500. The Hall–Kier alpha value is -1.55. The standard InChI is InChI=1S/C14H22N2O2/c1-10(17)12-7-6-11(8-13(12)15)18-9-14(2,3)16(4)5/h6-8H,9,15H2,1-5H3. The van der Waals surface area contributed by atoms with Crippen molar-refractivity contribution in [3.05, 3.63) is 23.8 Å². The molecule has 0 fully saturated rings. The summed E-state index contributed by atoms with van der Waals surface area (Å²) in [6.45, 7) is 6.25. The second-order valence-corrected chi connectivity index (χ2v) is 5.30. The number of carbonyl (C=O) groups excluding carboxylic acids is 1. The predicted molar refractivity (Wildman–Crippen MR) is 74.1 cm³/mol. The molecule has 0 radical (unpaired) electrons. The first kappa shape index (κ1) is 14.5. The van der Waals surface area contributed by atoms with Crippen molar-refractivity contribution in [1.29, 1.82) is 0 Å². The molecule has 0 unspecified atom stereocenters. The summed E-state index contributed by atoms with van der Waals surface area (Å²) in [7, 11) is 4.02. The van der Waals surface area contributed by atoms with Crippen LogP contribution in [0.25, 0.3) is 0 Å². The van der Waals surface area contributed by atoms with Gasteiger partial charge in [0, 0.05) is 22.9 Å². The number of benzene rings is 1. The molecule has 1 aromatic carbocycles. The third-order valence-corrected chi connectivity index (χ3v) is 3.21. The van der Waals surface area contributed by atoms with Gasteiger partial charge in [0.25, 0.3) is 0 Å². The summed E-state index contributed by atoms with van der Waals surface area (Å²) in [4.78, 5) is 13.4. The van der Waals surface area contributed by atoms with Crippen LogP contribution >= 0.6 is 0 Å². The molecule has 0 amide bonds. The van der Waals surface area contributed by atoms with Gasteiger partial charge in [0.2, 0.25) is 0 Å². The molecule has 0 saturated carbocycles. The molecule has 0 spiro atoms. The van der Waals surface area contributed by atoms with E-state index in [1.165, 1.54) is 6.92 Å². The number of Topliss-reactive ketones (excluding diaryl/α,β-unsaturated/α-hetero) is 1. The molecule has 18 heavy (non-hydrogen) atoms. The van der Waals surface area contributed by atoms with Gasteiger partial charge < -0.3 is 15.4 Å². The highest BCUT2D eigenvalue weighted by molar-refractivity contribution is 5.99. The van der Waals surface area contributed by atoms with E-state index in [1.807, 2.05) is 14.1 Å². The lowest BCUT2D eigenvalue weighted by molar-refractivity contribution is 0.101. The van der Waals surface area contributed by atoms with E-state index in [4.69, 9.17) is 10.5 Å². The zero-order valence-electron chi connectivity index (χ0n) is 11.8. The largest absolute Gasteiger partial charge is 0.492 e. The number of nitrogen functional groups attached to an aromatic ring is 1. The second kappa shape index (κ2) is 5.40. The van der Waals surface area contributed by atoms with Gasteiger partial charge in [0.15, 0.2) is 5.78 Å². The molecule has 1 aromatic rings. The summed E-state index contributed by atoms with van der Waals surface area (Å²) in [6.07, 6.45) is 0. The van der Waals surface area contributed by atoms with E-state index in [0.29, 0.717) is 23.6 Å². The summed E-state index contributed by atoms with van der Waals surface area (Å²) in [5, 5.41) is 0. The SMILES string of the molecule is CC(=O)c1ccc(OCC(C)(C)N(C)C)cc1N. The highest BCUT2D eigenvalue weighted by Crippen LogP contribution is 2.22. The number of ether oxygens (including phenoxy) is 1. The van der Waals surface area contributed by atoms with E-state index >= 15 is 0 Å². The Balaban J connectivity index is 2.76. The van der Waals surface area contributed by atoms with Crippen molar-refractivity contribution in [2.75, 3.05) is 26.4 Å². The molecule has 0 heterocycles. The molecule has 4 nitrogen and oxygen atoms in total. The molecular weight excluding hydrogens is 228 g/mol. The van der Waals surface area contributed by atoms with Crippen LogP contribution in [0.1, 0.15) is 31.1 Å². The number of hydrogen-bond acceptors (Lipinski definition) is 4. The van der Waals surface area contributed by atoms with E-state index in [9.17, 15) is 4.79 Å². The quantitative estimate of drug-likeness (QED) is 0.643. The Morgan fingerprint density at radius 3 is 2.44 bits per heavy atom. The van der Waals surface area contributed by atoms with Crippen molar-refractivity contribution in [2.24, 2.45) is 0 Å². The van der Waals surface area contributed by atoms with Crippen molar-refractivity contribution in [3.63, 3.8) is 0 Å². The van der Waals surface area contributed by atoms with Crippen molar-refractivity contribution >= 4 is 11.5 Å². The lowest BCUT2D eigenvalue weighted by Gasteiger charge is -2.32. The van der Waals surface area contributed by atoms with Crippen LogP contribution in [0.3, 0.4) is 0 Å². The van der Waals surface area contributed by atoms with E-state index in [2.05, 4.69) is 18.7 Å². The summed E-state index contributed by atoms with van der Waals surface area (Å²) in [5.74, 6) is 0.653. The highest BCUT2D eigenvalue weighted by atomic mass is 16.5. The Bertz CT molecular complexity index is 439. The first-order chi connectivity index (χ1) is 8.24. The zero-order valence-corrected chi connectivity index (χ0v) is 11.8. The van der Waals surface area contributed by atoms with Gasteiger partial charge in [-0.15, -0.1) is 0 Å². The maximum absolute atomic E-state index is 11.3. The topological polar surface area (TPSA) is 55.6 Å². The van der Waals surface area contributed by atoms with Crippen LogP contribution in [-0.2, 0) is 0 Å². The van der Waals surface area contributed by atoms with Crippen LogP contribution < -0.4 is 10.5 Å². The van der Waals surface area contributed by atoms with Crippen molar-refractivity contribution in [2.45, 2.75) is 26.3 Å². The fourth-order valence-electron chi connectivity index (χ4n) is 1.34. The van der Waals surface area contributed by atoms with Crippen LogP contribution in [0.15, 0.2) is 18.2 Å². The number of rotatable bonds is 5. The zero-order chi connectivity index (χ0) is 13.9. The number of hydrogen-bond donors (Lipinski definition) is 1. The van der Waals surface area contributed by atoms with Gasteiger partial charge in [-0.1, -0.05) is 0 Å². The third-order valence-electron chi connectivity index (χ3n) is 3.21. The molecule has 0 aliphatic rings. The van der Waals surface area contributed by atoms with Crippen LogP contribution in [0.5, 0.6) is 5.75 Å². The van der Waals surface area contributed by atoms with E-state index in [1.54, 1.807) is 18.2 Å². The number of likely N-dealkylation sites (N-methyl/N-ethyl adjacent to an activating group) is 1. The lowest BCUT2D eigenvalue weighted by Crippen LogP contribution is -2.43. The van der Waals surface area contributed by atoms with Crippen LogP contribution in [0.2, 0.25) is 0 Å². The summed E-state index contributed by atoms with van der Waals surface area (Å²) in [5.41, 5.74) is 6.75. The second-order valence-electron chi connectivity index (χ2n) is 5.30. The van der Waals surface area contributed by atoms with Crippen LogP contribution in [0, 0.1) is 0 Å². The van der Waals surface area contributed by atoms with E-state index in [-0.39, 0.29) is 11.3 Å². The molecule has 0 aliphatic carbocycles. The van der Waals surface area contributed by atoms with Crippen LogP contribution in [-0.4, -0.2) is 36.9 Å². The van der Waals surface area contributed by atoms with Crippen molar-refractivity contribution in [1.82, 2.24) is 4.90 Å². The maximum atomic E-state index is 11.3. The van der Waals surface area contributed by atoms with Crippen LogP contribution in [0.4, 0.5) is 5.69 Å². The molecule has 2 N–H and O–H groups in total. The highest BCUT2D eigenvalue weighted by Gasteiger charge is 2.21. The molecule has 0 bridgehead atoms. The molecule has 1 rings (SSSR count). The molecule has 0 aromatic heterocycles. The number of nitrogens with two attached hydrogens (primary N) is 1. The van der Waals surface area contributed by atoms with Gasteiger partial charge in [-0.25, -0.2) is 0 Å². The molecule has 100 valence electrons. The number of carbonyl (C=O) groups is 1. The number of nitrogens with zero attached hydrogens (tertiary/aromatic N) is 1. The average molecular weight is 250 g/mol. The summed E-state index contributed by atoms with van der Waals surface area (Å²) < 4.78 is 5.71. The number of anilines is 1. The molecular formula is C14H22N2O2. The first-order valence-corrected chi connectivity index (χ1v) is 5.95. The van der Waals surface area contributed by atoms with Gasteiger partial charge >= 0.3 is 0 Å². The monoisotopic (exact) mass is 250 g/mol. The Morgan fingerprint density at radius 2 is 2.00 bits per heavy atom. The Labute approximate surface area is 109 Å². The average Bonchev–Trinajstić information content (AvgIpc) is 2.25. The molecule has 0 saturated heterocycles. The van der Waals surface area contributed by atoms with Gasteiger partial charge in [-0.3, -0.25) is 4.79 Å². The van der Waals surface area contributed by atoms with Crippen molar-refractivity contribution in [3.8, 4) is 5.75 Å². The minimum atomic E-state index is -0.0615. The lowest BCUT2D eigenvalue weighted by atomic mass is 10.1. The van der Waals surface area contributed by atoms with E-state index < -0.39 is 0 Å². The Morgan fingerprint density at radius 1 is 1.39 bits per heavy atom. The van der Waals surface area contributed by atoms with Gasteiger partial charge in [0.1, 0.15) is 12.4 Å². The Kier molecular flexibility index (Phi) is 4.35. The minimum absolute atomic E-state index is 0.0346. The van der Waals surface area contributed by atoms with E-state index in [0.717, 1.165) is 0 Å². The van der Waals surface area contributed by atoms with Gasteiger partial charge in [-0.05, 0) is 47.0 Å². The van der Waals surface area contributed by atoms with Crippen molar-refractivity contribution < 1.29 is 9.53 Å². The van der Waals surface area contributed by atoms with Gasteiger partial charge in [0.05, 0.1) is 0 Å². The fourth-order valence-corrected chi connectivity index (χ4v) is 1.34. The smallest absolute Gasteiger partial charge is 0.161 e. The normalized spacial score (nSPS) is 11.7. The predicted octanol–water partition coefficient (Wildman–Crippen LogP) is 2.19. The number of ketones is 1. The summed E-state index contributed by atoms with van der Waals surface area (Å²) >= 11 is 0.